The second-order valence-electron chi connectivity index (χ2n) is 3.94. The van der Waals surface area contributed by atoms with Crippen molar-refractivity contribution in [2.24, 2.45) is 5.73 Å². The summed E-state index contributed by atoms with van der Waals surface area (Å²) in [7, 11) is 0. The van der Waals surface area contributed by atoms with E-state index in [2.05, 4.69) is 4.98 Å². The molecular formula is C10H12ClFN2. The quantitative estimate of drug-likeness (QED) is 0.767. The van der Waals surface area contributed by atoms with E-state index in [-0.39, 0.29) is 11.5 Å². The lowest BCUT2D eigenvalue weighted by molar-refractivity contribution is 0.493. The molecule has 1 saturated carbocycles. The maximum atomic E-state index is 13.4. The highest BCUT2D eigenvalue weighted by Crippen LogP contribution is 2.51. The molecule has 0 aromatic carbocycles. The Bertz CT molecular complexity index is 361. The Labute approximate surface area is 87.3 Å². The van der Waals surface area contributed by atoms with Crippen molar-refractivity contribution in [1.29, 1.82) is 0 Å². The Kier molecular flexibility index (Phi) is 2.24. The molecule has 0 aliphatic heterocycles. The summed E-state index contributed by atoms with van der Waals surface area (Å²) in [4.78, 5) is 3.61. The Morgan fingerprint density at radius 3 is 2.79 bits per heavy atom. The van der Waals surface area contributed by atoms with Gasteiger partial charge in [0.05, 0.1) is 5.02 Å². The molecule has 0 spiro atoms. The van der Waals surface area contributed by atoms with Crippen molar-refractivity contribution in [1.82, 2.24) is 4.98 Å². The zero-order chi connectivity index (χ0) is 10.3. The normalized spacial score (nSPS) is 20.6. The summed E-state index contributed by atoms with van der Waals surface area (Å²) < 4.78 is 13.4. The van der Waals surface area contributed by atoms with E-state index in [0.717, 1.165) is 12.8 Å². The molecule has 1 fully saturated rings. The summed E-state index contributed by atoms with van der Waals surface area (Å²) in [5.74, 6) is -0.441. The van der Waals surface area contributed by atoms with Gasteiger partial charge < -0.3 is 5.73 Å². The van der Waals surface area contributed by atoms with Gasteiger partial charge in [0, 0.05) is 23.2 Å². The van der Waals surface area contributed by atoms with Crippen LogP contribution in [0.15, 0.2) is 12.3 Å². The van der Waals surface area contributed by atoms with Gasteiger partial charge in [0.1, 0.15) is 0 Å². The van der Waals surface area contributed by atoms with Gasteiger partial charge in [-0.2, -0.15) is 4.39 Å². The zero-order valence-corrected chi connectivity index (χ0v) is 8.68. The maximum absolute atomic E-state index is 13.4. The van der Waals surface area contributed by atoms with E-state index in [1.807, 2.05) is 6.92 Å². The summed E-state index contributed by atoms with van der Waals surface area (Å²) in [6.07, 6.45) is 3.16. The van der Waals surface area contributed by atoms with E-state index >= 15 is 0 Å². The van der Waals surface area contributed by atoms with Crippen LogP contribution in [0.1, 0.15) is 25.3 Å². The van der Waals surface area contributed by atoms with Crippen LogP contribution in [0.5, 0.6) is 0 Å². The predicted molar refractivity (Wildman–Crippen MR) is 53.8 cm³/mol. The van der Waals surface area contributed by atoms with Crippen LogP contribution in [-0.2, 0) is 5.41 Å². The molecular weight excluding hydrogens is 203 g/mol. The molecule has 76 valence electrons. The first-order valence-electron chi connectivity index (χ1n) is 4.63. The lowest BCUT2D eigenvalue weighted by atomic mass is 9.90. The Balaban J connectivity index is 2.46. The van der Waals surface area contributed by atoms with Crippen LogP contribution in [0.25, 0.3) is 0 Å². The molecule has 0 radical (unpaired) electrons. The first-order valence-corrected chi connectivity index (χ1v) is 5.01. The lowest BCUT2D eigenvalue weighted by Crippen LogP contribution is -2.32. The Hall–Kier alpha value is -0.670. The Morgan fingerprint density at radius 2 is 2.29 bits per heavy atom. The molecule has 14 heavy (non-hydrogen) atoms. The van der Waals surface area contributed by atoms with Crippen LogP contribution < -0.4 is 5.73 Å². The van der Waals surface area contributed by atoms with Crippen molar-refractivity contribution < 1.29 is 4.39 Å². The van der Waals surface area contributed by atoms with Gasteiger partial charge in [-0.05, 0) is 25.8 Å². The first-order chi connectivity index (χ1) is 6.56. The fourth-order valence-corrected chi connectivity index (χ4v) is 2.03. The van der Waals surface area contributed by atoms with Crippen molar-refractivity contribution in [2.75, 3.05) is 0 Å². The molecule has 4 heteroatoms. The molecule has 1 aromatic rings. The number of hydrogen-bond acceptors (Lipinski definition) is 2. The molecule has 1 aliphatic rings. The van der Waals surface area contributed by atoms with E-state index in [1.165, 1.54) is 6.20 Å². The van der Waals surface area contributed by atoms with Gasteiger partial charge in [0.2, 0.25) is 5.95 Å². The average molecular weight is 215 g/mol. The van der Waals surface area contributed by atoms with Crippen LogP contribution in [0.2, 0.25) is 5.02 Å². The molecule has 0 saturated heterocycles. The van der Waals surface area contributed by atoms with Gasteiger partial charge in [-0.1, -0.05) is 11.6 Å². The predicted octanol–water partition coefficient (Wildman–Crippen LogP) is 2.25. The second-order valence-corrected chi connectivity index (χ2v) is 4.37. The molecule has 1 aromatic heterocycles. The van der Waals surface area contributed by atoms with E-state index in [4.69, 9.17) is 17.3 Å². The van der Waals surface area contributed by atoms with E-state index < -0.39 is 5.95 Å². The summed E-state index contributed by atoms with van der Waals surface area (Å²) in [6, 6.07) is 1.58. The van der Waals surface area contributed by atoms with Crippen LogP contribution in [0.3, 0.4) is 0 Å². The third-order valence-electron chi connectivity index (χ3n) is 3.00. The minimum absolute atomic E-state index is 0.0581. The summed E-state index contributed by atoms with van der Waals surface area (Å²) in [5, 5.41) is 0.466. The molecule has 1 aliphatic carbocycles. The maximum Gasteiger partial charge on any atom is 0.216 e. The van der Waals surface area contributed by atoms with Crippen molar-refractivity contribution in [3.8, 4) is 0 Å². The molecule has 1 atom stereocenters. The van der Waals surface area contributed by atoms with Gasteiger partial charge in [0.15, 0.2) is 0 Å². The molecule has 0 amide bonds. The summed E-state index contributed by atoms with van der Waals surface area (Å²) in [5.41, 5.74) is 6.20. The minimum Gasteiger partial charge on any atom is -0.327 e. The minimum atomic E-state index is -0.441. The standard InChI is InChI=1S/C10H12ClFN2/c1-6(13)10(2-3-10)8-4-7(11)5-14-9(8)12/h4-6H,2-3,13H2,1H3. The third kappa shape index (κ3) is 1.41. The molecule has 1 unspecified atom stereocenters. The van der Waals surface area contributed by atoms with Gasteiger partial charge in [-0.3, -0.25) is 0 Å². The Morgan fingerprint density at radius 1 is 1.64 bits per heavy atom. The first kappa shape index (κ1) is 9.87. The van der Waals surface area contributed by atoms with Crippen LogP contribution in [-0.4, -0.2) is 11.0 Å². The smallest absolute Gasteiger partial charge is 0.216 e. The zero-order valence-electron chi connectivity index (χ0n) is 7.93. The fraction of sp³-hybridized carbons (Fsp3) is 0.500. The van der Waals surface area contributed by atoms with Gasteiger partial charge in [-0.15, -0.1) is 0 Å². The average Bonchev–Trinajstić information content (AvgIpc) is 2.90. The highest BCUT2D eigenvalue weighted by atomic mass is 35.5. The number of nitrogens with zero attached hydrogens (tertiary/aromatic N) is 1. The third-order valence-corrected chi connectivity index (χ3v) is 3.21. The lowest BCUT2D eigenvalue weighted by Gasteiger charge is -2.20. The van der Waals surface area contributed by atoms with Crippen LogP contribution in [0, 0.1) is 5.95 Å². The summed E-state index contributed by atoms with van der Waals surface area (Å²) >= 11 is 5.79. The highest BCUT2D eigenvalue weighted by Gasteiger charge is 2.49. The molecule has 1 heterocycles. The fourth-order valence-electron chi connectivity index (χ4n) is 1.88. The summed E-state index contributed by atoms with van der Waals surface area (Å²) in [6.45, 7) is 1.90. The monoisotopic (exact) mass is 214 g/mol. The van der Waals surface area contributed by atoms with Crippen LogP contribution >= 0.6 is 11.6 Å². The topological polar surface area (TPSA) is 38.9 Å². The van der Waals surface area contributed by atoms with Crippen molar-refractivity contribution in [3.63, 3.8) is 0 Å². The van der Waals surface area contributed by atoms with E-state index in [9.17, 15) is 4.39 Å². The number of rotatable bonds is 2. The van der Waals surface area contributed by atoms with Crippen molar-refractivity contribution in [3.05, 3.63) is 28.8 Å². The van der Waals surface area contributed by atoms with Gasteiger partial charge in [0.25, 0.3) is 0 Å². The van der Waals surface area contributed by atoms with Crippen molar-refractivity contribution in [2.45, 2.75) is 31.2 Å². The molecule has 2 rings (SSSR count). The molecule has 2 nitrogen and oxygen atoms in total. The van der Waals surface area contributed by atoms with Crippen LogP contribution in [0.4, 0.5) is 4.39 Å². The number of pyridine rings is 1. The highest BCUT2D eigenvalue weighted by molar-refractivity contribution is 6.30. The largest absolute Gasteiger partial charge is 0.327 e. The molecule has 0 bridgehead atoms. The second kappa shape index (κ2) is 3.17. The molecule has 2 N–H and O–H groups in total. The SMILES string of the molecule is CC(N)C1(c2cc(Cl)cnc2F)CC1. The van der Waals surface area contributed by atoms with E-state index in [0.29, 0.717) is 10.6 Å². The van der Waals surface area contributed by atoms with Gasteiger partial charge in [-0.25, -0.2) is 4.98 Å². The van der Waals surface area contributed by atoms with E-state index in [1.54, 1.807) is 6.07 Å². The number of hydrogen-bond donors (Lipinski definition) is 1. The number of aromatic nitrogens is 1. The number of nitrogens with two attached hydrogens (primary N) is 1. The number of halogens is 2. The van der Waals surface area contributed by atoms with Crippen molar-refractivity contribution >= 4 is 11.6 Å². The van der Waals surface area contributed by atoms with Gasteiger partial charge >= 0.3 is 0 Å².